The average molecular weight is 203 g/mol. The molecule has 1 aromatic heterocycles. The third-order valence-corrected chi connectivity index (χ3v) is 2.23. The van der Waals surface area contributed by atoms with Gasteiger partial charge in [0.25, 0.3) is 5.69 Å². The summed E-state index contributed by atoms with van der Waals surface area (Å²) in [7, 11) is 0. The molecule has 5 heteroatoms. The number of nitro groups is 1. The Kier molecular flexibility index (Phi) is 2.00. The molecule has 0 amide bonds. The van der Waals surface area contributed by atoms with Gasteiger partial charge < -0.3 is 5.73 Å². The van der Waals surface area contributed by atoms with Crippen molar-refractivity contribution in [3.8, 4) is 0 Å². The van der Waals surface area contributed by atoms with Crippen LogP contribution in [0.1, 0.15) is 5.56 Å². The van der Waals surface area contributed by atoms with E-state index in [0.29, 0.717) is 11.3 Å². The van der Waals surface area contributed by atoms with Gasteiger partial charge in [-0.1, -0.05) is 0 Å². The van der Waals surface area contributed by atoms with Gasteiger partial charge in [-0.3, -0.25) is 10.1 Å². The zero-order chi connectivity index (χ0) is 11.0. The number of nitrogen functional groups attached to an aromatic ring is 1. The van der Waals surface area contributed by atoms with Crippen molar-refractivity contribution in [3.63, 3.8) is 0 Å². The second-order valence-corrected chi connectivity index (χ2v) is 3.32. The van der Waals surface area contributed by atoms with Gasteiger partial charge in [-0.05, 0) is 24.6 Å². The minimum atomic E-state index is -0.421. The molecule has 0 radical (unpaired) electrons. The highest BCUT2D eigenvalue weighted by Gasteiger charge is 2.08. The molecule has 76 valence electrons. The molecule has 0 fully saturated rings. The lowest BCUT2D eigenvalue weighted by molar-refractivity contribution is -0.384. The number of hydrogen-bond donors (Lipinski definition) is 1. The fraction of sp³-hybridized carbons (Fsp3) is 0.100. The molecule has 0 atom stereocenters. The molecule has 15 heavy (non-hydrogen) atoms. The minimum Gasteiger partial charge on any atom is -0.384 e. The van der Waals surface area contributed by atoms with Crippen LogP contribution in [0.25, 0.3) is 10.9 Å². The predicted molar refractivity (Wildman–Crippen MR) is 57.5 cm³/mol. The quantitative estimate of drug-likeness (QED) is 0.567. The van der Waals surface area contributed by atoms with Gasteiger partial charge in [0.1, 0.15) is 5.82 Å². The largest absolute Gasteiger partial charge is 0.384 e. The molecule has 0 unspecified atom stereocenters. The highest BCUT2D eigenvalue weighted by Crippen LogP contribution is 2.23. The van der Waals surface area contributed by atoms with Gasteiger partial charge in [-0.2, -0.15) is 0 Å². The van der Waals surface area contributed by atoms with Crippen LogP contribution in [0.5, 0.6) is 0 Å². The first-order valence-corrected chi connectivity index (χ1v) is 4.39. The molecule has 2 aromatic rings. The number of hydrogen-bond acceptors (Lipinski definition) is 4. The number of rotatable bonds is 1. The van der Waals surface area contributed by atoms with E-state index in [9.17, 15) is 10.1 Å². The van der Waals surface area contributed by atoms with Crippen LogP contribution in [0.4, 0.5) is 11.5 Å². The monoisotopic (exact) mass is 203 g/mol. The van der Waals surface area contributed by atoms with E-state index in [2.05, 4.69) is 4.98 Å². The van der Waals surface area contributed by atoms with Crippen molar-refractivity contribution >= 4 is 22.4 Å². The molecule has 0 spiro atoms. The maximum absolute atomic E-state index is 10.6. The van der Waals surface area contributed by atoms with E-state index in [1.807, 2.05) is 6.92 Å². The Hall–Kier alpha value is -2.17. The second-order valence-electron chi connectivity index (χ2n) is 3.32. The smallest absolute Gasteiger partial charge is 0.270 e. The number of aromatic nitrogens is 1. The third-order valence-electron chi connectivity index (χ3n) is 2.23. The molecule has 2 rings (SSSR count). The van der Waals surface area contributed by atoms with Crippen molar-refractivity contribution in [1.82, 2.24) is 4.98 Å². The summed E-state index contributed by atoms with van der Waals surface area (Å²) in [6, 6.07) is 6.24. The Morgan fingerprint density at radius 2 is 2.13 bits per heavy atom. The molecule has 0 saturated heterocycles. The van der Waals surface area contributed by atoms with Gasteiger partial charge in [0, 0.05) is 17.5 Å². The van der Waals surface area contributed by atoms with Crippen LogP contribution < -0.4 is 5.73 Å². The summed E-state index contributed by atoms with van der Waals surface area (Å²) in [5.74, 6) is 0.425. The zero-order valence-corrected chi connectivity index (χ0v) is 8.10. The maximum atomic E-state index is 10.6. The summed E-state index contributed by atoms with van der Waals surface area (Å²) >= 11 is 0. The van der Waals surface area contributed by atoms with E-state index < -0.39 is 4.92 Å². The molecule has 1 heterocycles. The minimum absolute atomic E-state index is 0.0668. The SMILES string of the molecule is Cc1cc(N)nc2ccc([N+](=O)[O-])cc12. The third kappa shape index (κ3) is 1.59. The van der Waals surface area contributed by atoms with E-state index in [0.717, 1.165) is 10.9 Å². The van der Waals surface area contributed by atoms with Crippen LogP contribution in [0.2, 0.25) is 0 Å². The predicted octanol–water partition coefficient (Wildman–Crippen LogP) is 2.03. The van der Waals surface area contributed by atoms with Crippen LogP contribution in [0, 0.1) is 17.0 Å². The standard InChI is InChI=1S/C10H9N3O2/c1-6-4-10(11)12-9-3-2-7(13(14)15)5-8(6)9/h2-5H,1H3,(H2,11,12). The highest BCUT2D eigenvalue weighted by molar-refractivity contribution is 5.85. The normalized spacial score (nSPS) is 10.5. The maximum Gasteiger partial charge on any atom is 0.270 e. The number of anilines is 1. The Bertz CT molecular complexity index is 552. The van der Waals surface area contributed by atoms with Gasteiger partial charge in [0.15, 0.2) is 0 Å². The fourth-order valence-corrected chi connectivity index (χ4v) is 1.52. The number of non-ortho nitro benzene ring substituents is 1. The average Bonchev–Trinajstić information content (AvgIpc) is 2.16. The molecule has 0 aliphatic rings. The molecule has 0 aliphatic heterocycles. The summed E-state index contributed by atoms with van der Waals surface area (Å²) in [5.41, 5.74) is 7.21. The van der Waals surface area contributed by atoms with Crippen molar-refractivity contribution < 1.29 is 4.92 Å². The molecular formula is C10H9N3O2. The summed E-state index contributed by atoms with van der Waals surface area (Å²) < 4.78 is 0. The first kappa shape index (κ1) is 9.39. The number of fused-ring (bicyclic) bond motifs is 1. The topological polar surface area (TPSA) is 82.0 Å². The van der Waals surface area contributed by atoms with Crippen molar-refractivity contribution in [2.75, 3.05) is 5.73 Å². The summed E-state index contributed by atoms with van der Waals surface area (Å²) in [6.07, 6.45) is 0. The lowest BCUT2D eigenvalue weighted by Crippen LogP contribution is -1.94. The van der Waals surface area contributed by atoms with E-state index in [-0.39, 0.29) is 5.69 Å². The molecular weight excluding hydrogens is 194 g/mol. The van der Waals surface area contributed by atoms with E-state index in [4.69, 9.17) is 5.73 Å². The van der Waals surface area contributed by atoms with E-state index in [1.54, 1.807) is 12.1 Å². The number of nitrogens with zero attached hydrogens (tertiary/aromatic N) is 2. The van der Waals surface area contributed by atoms with Crippen molar-refractivity contribution in [2.24, 2.45) is 0 Å². The van der Waals surface area contributed by atoms with E-state index in [1.165, 1.54) is 12.1 Å². The second kappa shape index (κ2) is 3.20. The van der Waals surface area contributed by atoms with Crippen LogP contribution in [0.3, 0.4) is 0 Å². The van der Waals surface area contributed by atoms with Crippen LogP contribution >= 0.6 is 0 Å². The summed E-state index contributed by atoms with van der Waals surface area (Å²) in [4.78, 5) is 14.3. The first-order chi connectivity index (χ1) is 7.08. The number of nitrogens with two attached hydrogens (primary N) is 1. The van der Waals surface area contributed by atoms with Crippen molar-refractivity contribution in [1.29, 1.82) is 0 Å². The molecule has 2 N–H and O–H groups in total. The van der Waals surface area contributed by atoms with Crippen LogP contribution in [0.15, 0.2) is 24.3 Å². The number of pyridine rings is 1. The van der Waals surface area contributed by atoms with Gasteiger partial charge in [-0.25, -0.2) is 4.98 Å². The first-order valence-electron chi connectivity index (χ1n) is 4.39. The van der Waals surface area contributed by atoms with Crippen LogP contribution in [-0.2, 0) is 0 Å². The van der Waals surface area contributed by atoms with Gasteiger partial charge >= 0.3 is 0 Å². The molecule has 0 bridgehead atoms. The summed E-state index contributed by atoms with van der Waals surface area (Å²) in [5, 5.41) is 11.3. The van der Waals surface area contributed by atoms with Gasteiger partial charge in [0.05, 0.1) is 10.4 Å². The molecule has 5 nitrogen and oxygen atoms in total. The lowest BCUT2D eigenvalue weighted by atomic mass is 10.1. The van der Waals surface area contributed by atoms with Gasteiger partial charge in [0.2, 0.25) is 0 Å². The molecule has 0 saturated carbocycles. The number of benzene rings is 1. The Morgan fingerprint density at radius 1 is 1.40 bits per heavy atom. The van der Waals surface area contributed by atoms with Crippen LogP contribution in [-0.4, -0.2) is 9.91 Å². The Labute approximate surface area is 85.7 Å². The number of aryl methyl sites for hydroxylation is 1. The molecule has 0 aliphatic carbocycles. The number of nitro benzene ring substituents is 1. The van der Waals surface area contributed by atoms with Crippen molar-refractivity contribution in [2.45, 2.75) is 6.92 Å². The van der Waals surface area contributed by atoms with E-state index >= 15 is 0 Å². The molecule has 1 aromatic carbocycles. The zero-order valence-electron chi connectivity index (χ0n) is 8.10. The Balaban J connectivity index is 2.76. The Morgan fingerprint density at radius 3 is 2.80 bits per heavy atom. The highest BCUT2D eigenvalue weighted by atomic mass is 16.6. The summed E-state index contributed by atoms with van der Waals surface area (Å²) in [6.45, 7) is 1.85. The van der Waals surface area contributed by atoms with Gasteiger partial charge in [-0.15, -0.1) is 0 Å². The fourth-order valence-electron chi connectivity index (χ4n) is 1.52. The lowest BCUT2D eigenvalue weighted by Gasteiger charge is -2.02. The van der Waals surface area contributed by atoms with Crippen molar-refractivity contribution in [3.05, 3.63) is 39.9 Å².